The fraction of sp³-hybridized carbons (Fsp3) is 0.111. The van der Waals surface area contributed by atoms with Gasteiger partial charge in [-0.3, -0.25) is 14.4 Å². The Morgan fingerprint density at radius 3 is 2.33 bits per heavy atom. The van der Waals surface area contributed by atoms with Crippen molar-refractivity contribution < 1.29 is 14.4 Å². The van der Waals surface area contributed by atoms with Gasteiger partial charge in [-0.2, -0.15) is 0 Å². The Bertz CT molecular complexity index is 1820. The van der Waals surface area contributed by atoms with E-state index in [4.69, 9.17) is 0 Å². The zero-order valence-corrected chi connectivity index (χ0v) is 26.5. The van der Waals surface area contributed by atoms with Crippen LogP contribution < -0.4 is 16.0 Å². The first-order chi connectivity index (χ1) is 21.9. The van der Waals surface area contributed by atoms with Gasteiger partial charge in [0.15, 0.2) is 5.13 Å². The number of hydrogen-bond donors (Lipinski definition) is 3. The SMILES string of the molecule is CCC(Sc1cccc(NC(=O)/C(=C\c2cccc(C)c2)NC(=O)c2ccccc2)c1)C(=O)Nc1nc(-c2ccccc2)cs1. The summed E-state index contributed by atoms with van der Waals surface area (Å²) in [5.41, 5.74) is 4.71. The van der Waals surface area contributed by atoms with Gasteiger partial charge in [-0.25, -0.2) is 4.98 Å². The highest BCUT2D eigenvalue weighted by atomic mass is 32.2. The van der Waals surface area contributed by atoms with Gasteiger partial charge in [-0.05, 0) is 55.3 Å². The van der Waals surface area contributed by atoms with Crippen molar-refractivity contribution in [3.63, 3.8) is 0 Å². The fourth-order valence-corrected chi connectivity index (χ4v) is 6.20. The highest BCUT2D eigenvalue weighted by Crippen LogP contribution is 2.30. The molecule has 226 valence electrons. The number of benzene rings is 4. The number of anilines is 2. The van der Waals surface area contributed by atoms with Crippen LogP contribution in [0.5, 0.6) is 0 Å². The number of amides is 3. The number of carbonyl (C=O) groups is 3. The molecule has 3 amide bonds. The van der Waals surface area contributed by atoms with E-state index in [1.807, 2.05) is 98.1 Å². The first-order valence-electron chi connectivity index (χ1n) is 14.4. The van der Waals surface area contributed by atoms with Gasteiger partial charge in [0.1, 0.15) is 5.70 Å². The molecule has 0 aliphatic carbocycles. The summed E-state index contributed by atoms with van der Waals surface area (Å²) in [5.74, 6) is -0.995. The van der Waals surface area contributed by atoms with Gasteiger partial charge in [-0.15, -0.1) is 23.1 Å². The third kappa shape index (κ3) is 8.78. The minimum Gasteiger partial charge on any atom is -0.321 e. The number of thioether (sulfide) groups is 1. The van der Waals surface area contributed by atoms with Gasteiger partial charge in [0.25, 0.3) is 11.8 Å². The third-order valence-electron chi connectivity index (χ3n) is 6.72. The minimum absolute atomic E-state index is 0.108. The molecule has 45 heavy (non-hydrogen) atoms. The summed E-state index contributed by atoms with van der Waals surface area (Å²) in [4.78, 5) is 45.0. The standard InChI is InChI=1S/C36H32N4O3S2/c1-3-32(35(43)40-36-39-31(23-44-36)26-14-6-4-7-15-26)45-29-19-11-18-28(22-29)37-34(42)30(21-25-13-10-12-24(2)20-25)38-33(41)27-16-8-5-9-17-27/h4-23,32H,3H2,1-2H3,(H,37,42)(H,38,41)(H,39,40,43)/b30-21+. The maximum Gasteiger partial charge on any atom is 0.272 e. The fourth-order valence-electron chi connectivity index (χ4n) is 4.46. The molecule has 1 heterocycles. The van der Waals surface area contributed by atoms with E-state index in [1.165, 1.54) is 23.1 Å². The van der Waals surface area contributed by atoms with E-state index in [2.05, 4.69) is 20.9 Å². The Balaban J connectivity index is 1.28. The van der Waals surface area contributed by atoms with Gasteiger partial charge >= 0.3 is 0 Å². The summed E-state index contributed by atoms with van der Waals surface area (Å²) in [7, 11) is 0. The molecule has 3 N–H and O–H groups in total. The lowest BCUT2D eigenvalue weighted by Crippen LogP contribution is -2.30. The van der Waals surface area contributed by atoms with Crippen LogP contribution in [0.1, 0.15) is 34.8 Å². The first kappa shape index (κ1) is 31.4. The first-order valence-corrected chi connectivity index (χ1v) is 16.2. The third-order valence-corrected chi connectivity index (χ3v) is 8.84. The molecule has 0 aliphatic rings. The van der Waals surface area contributed by atoms with E-state index >= 15 is 0 Å². The van der Waals surface area contributed by atoms with Crippen molar-refractivity contribution >= 4 is 57.7 Å². The topological polar surface area (TPSA) is 100 Å². The second-order valence-electron chi connectivity index (χ2n) is 10.2. The van der Waals surface area contributed by atoms with Gasteiger partial charge in [0, 0.05) is 27.1 Å². The predicted molar refractivity (Wildman–Crippen MR) is 184 cm³/mol. The lowest BCUT2D eigenvalue weighted by atomic mass is 10.1. The Hall–Kier alpha value is -4.99. The summed E-state index contributed by atoms with van der Waals surface area (Å²) in [6.07, 6.45) is 2.25. The zero-order valence-electron chi connectivity index (χ0n) is 24.8. The molecule has 0 saturated carbocycles. The molecule has 0 aliphatic heterocycles. The number of nitrogens with one attached hydrogen (secondary N) is 3. The molecular weight excluding hydrogens is 601 g/mol. The number of aryl methyl sites for hydroxylation is 1. The number of carbonyl (C=O) groups excluding carboxylic acids is 3. The molecule has 9 heteroatoms. The van der Waals surface area contributed by atoms with Gasteiger partial charge in [0.2, 0.25) is 5.91 Å². The average molecular weight is 633 g/mol. The quantitative estimate of drug-likeness (QED) is 0.101. The molecule has 1 unspecified atom stereocenters. The van der Waals surface area contributed by atoms with Crippen LogP contribution in [-0.4, -0.2) is 28.0 Å². The average Bonchev–Trinajstić information content (AvgIpc) is 3.52. The molecule has 4 aromatic carbocycles. The van der Waals surface area contributed by atoms with Crippen molar-refractivity contribution in [2.75, 3.05) is 10.6 Å². The molecule has 0 spiro atoms. The number of thiazole rings is 1. The van der Waals surface area contributed by atoms with Crippen molar-refractivity contribution in [3.05, 3.63) is 137 Å². The number of rotatable bonds is 11. The van der Waals surface area contributed by atoms with Gasteiger partial charge in [-0.1, -0.05) is 91.3 Å². The van der Waals surface area contributed by atoms with Crippen molar-refractivity contribution in [3.8, 4) is 11.3 Å². The van der Waals surface area contributed by atoms with Crippen LogP contribution in [0.3, 0.4) is 0 Å². The Morgan fingerprint density at radius 2 is 1.60 bits per heavy atom. The molecule has 1 aromatic heterocycles. The maximum absolute atomic E-state index is 13.5. The van der Waals surface area contributed by atoms with Gasteiger partial charge in [0.05, 0.1) is 10.9 Å². The van der Waals surface area contributed by atoms with Crippen molar-refractivity contribution in [2.24, 2.45) is 0 Å². The second kappa shape index (κ2) is 15.1. The van der Waals surface area contributed by atoms with Crippen LogP contribution in [0.4, 0.5) is 10.8 Å². The minimum atomic E-state index is -0.467. The lowest BCUT2D eigenvalue weighted by molar-refractivity contribution is -0.116. The van der Waals surface area contributed by atoms with E-state index in [0.29, 0.717) is 22.8 Å². The van der Waals surface area contributed by atoms with Crippen LogP contribution in [0, 0.1) is 6.92 Å². The van der Waals surface area contributed by atoms with Gasteiger partial charge < -0.3 is 16.0 Å². The lowest BCUT2D eigenvalue weighted by Gasteiger charge is -2.15. The molecule has 7 nitrogen and oxygen atoms in total. The monoisotopic (exact) mass is 632 g/mol. The summed E-state index contributed by atoms with van der Waals surface area (Å²) >= 11 is 2.80. The zero-order chi connectivity index (χ0) is 31.6. The van der Waals surface area contributed by atoms with Crippen LogP contribution in [-0.2, 0) is 9.59 Å². The van der Waals surface area contributed by atoms with E-state index in [-0.39, 0.29) is 22.8 Å². The van der Waals surface area contributed by atoms with Crippen LogP contribution in [0.25, 0.3) is 17.3 Å². The smallest absolute Gasteiger partial charge is 0.272 e. The number of nitrogens with zero attached hydrogens (tertiary/aromatic N) is 1. The highest BCUT2D eigenvalue weighted by Gasteiger charge is 2.20. The molecular formula is C36H32N4O3S2. The molecule has 0 radical (unpaired) electrons. The van der Waals surface area contributed by atoms with Crippen LogP contribution in [0.2, 0.25) is 0 Å². The maximum atomic E-state index is 13.5. The molecule has 0 fully saturated rings. The summed E-state index contributed by atoms with van der Waals surface area (Å²) in [6, 6.07) is 33.5. The second-order valence-corrected chi connectivity index (χ2v) is 12.3. The molecule has 1 atom stereocenters. The number of hydrogen-bond acceptors (Lipinski definition) is 6. The highest BCUT2D eigenvalue weighted by molar-refractivity contribution is 8.00. The van der Waals surface area contributed by atoms with E-state index in [1.54, 1.807) is 36.4 Å². The van der Waals surface area contributed by atoms with Crippen LogP contribution in [0.15, 0.2) is 125 Å². The van der Waals surface area contributed by atoms with E-state index in [0.717, 1.165) is 27.3 Å². The van der Waals surface area contributed by atoms with Crippen molar-refractivity contribution in [1.82, 2.24) is 10.3 Å². The summed E-state index contributed by atoms with van der Waals surface area (Å²) in [6.45, 7) is 3.92. The molecule has 5 rings (SSSR count). The number of aromatic nitrogens is 1. The molecule has 0 saturated heterocycles. The summed E-state index contributed by atoms with van der Waals surface area (Å²) in [5, 5.41) is 10.7. The summed E-state index contributed by atoms with van der Waals surface area (Å²) < 4.78 is 0. The van der Waals surface area contributed by atoms with Crippen molar-refractivity contribution in [1.29, 1.82) is 0 Å². The Kier molecular flexibility index (Phi) is 10.6. The van der Waals surface area contributed by atoms with Crippen molar-refractivity contribution in [2.45, 2.75) is 30.4 Å². The predicted octanol–water partition coefficient (Wildman–Crippen LogP) is 8.04. The molecule has 5 aromatic rings. The Labute approximate surface area is 270 Å². The molecule has 0 bridgehead atoms. The van der Waals surface area contributed by atoms with Crippen LogP contribution >= 0.6 is 23.1 Å². The van der Waals surface area contributed by atoms with E-state index < -0.39 is 5.91 Å². The normalized spacial score (nSPS) is 11.8. The Morgan fingerprint density at radius 1 is 0.867 bits per heavy atom. The largest absolute Gasteiger partial charge is 0.321 e. The van der Waals surface area contributed by atoms with E-state index in [9.17, 15) is 14.4 Å².